The molecule has 0 bridgehead atoms. The van der Waals surface area contributed by atoms with E-state index < -0.39 is 10.0 Å². The summed E-state index contributed by atoms with van der Waals surface area (Å²) in [6.07, 6.45) is 4.67. The topological polar surface area (TPSA) is 117 Å². The number of aromatic nitrogens is 3. The molecule has 0 saturated heterocycles. The van der Waals surface area contributed by atoms with Crippen molar-refractivity contribution in [1.82, 2.24) is 19.5 Å². The highest BCUT2D eigenvalue weighted by atomic mass is 32.2. The van der Waals surface area contributed by atoms with E-state index in [0.717, 1.165) is 5.56 Å². The van der Waals surface area contributed by atoms with E-state index in [2.05, 4.69) is 20.6 Å². The van der Waals surface area contributed by atoms with E-state index >= 15 is 0 Å². The van der Waals surface area contributed by atoms with Crippen molar-refractivity contribution in [2.45, 2.75) is 11.4 Å². The van der Waals surface area contributed by atoms with Gasteiger partial charge in [0.25, 0.3) is 0 Å². The first kappa shape index (κ1) is 13.5. The maximum Gasteiger partial charge on any atom is 0.246 e. The second-order valence-corrected chi connectivity index (χ2v) is 5.88. The van der Waals surface area contributed by atoms with Crippen LogP contribution in [0.15, 0.2) is 35.6 Å². The minimum atomic E-state index is -3.67. The number of pyridine rings is 1. The lowest BCUT2D eigenvalue weighted by molar-refractivity contribution is 0.467. The molecule has 19 heavy (non-hydrogen) atoms. The molecule has 0 aromatic carbocycles. The average molecular weight is 282 g/mol. The Balaban J connectivity index is 2.31. The van der Waals surface area contributed by atoms with Gasteiger partial charge in [-0.15, -0.1) is 0 Å². The Morgan fingerprint density at radius 2 is 2.32 bits per heavy atom. The largest absolute Gasteiger partial charge is 0.307 e. The van der Waals surface area contributed by atoms with Gasteiger partial charge in [0.05, 0.1) is 6.20 Å². The number of nitrogen functional groups attached to an aromatic ring is 1. The first-order valence-corrected chi connectivity index (χ1v) is 6.85. The van der Waals surface area contributed by atoms with Gasteiger partial charge in [-0.05, 0) is 12.1 Å². The maximum atomic E-state index is 12.4. The van der Waals surface area contributed by atoms with Crippen molar-refractivity contribution in [3.8, 4) is 0 Å². The van der Waals surface area contributed by atoms with Crippen molar-refractivity contribution in [3.05, 3.63) is 36.3 Å². The van der Waals surface area contributed by atoms with Crippen LogP contribution in [0.25, 0.3) is 0 Å². The Morgan fingerprint density at radius 3 is 2.95 bits per heavy atom. The highest BCUT2D eigenvalue weighted by molar-refractivity contribution is 7.89. The zero-order chi connectivity index (χ0) is 13.9. The lowest BCUT2D eigenvalue weighted by Gasteiger charge is -2.17. The summed E-state index contributed by atoms with van der Waals surface area (Å²) < 4.78 is 26.0. The monoisotopic (exact) mass is 282 g/mol. The van der Waals surface area contributed by atoms with E-state index in [1.807, 2.05) is 0 Å². The second kappa shape index (κ2) is 5.34. The van der Waals surface area contributed by atoms with Crippen LogP contribution >= 0.6 is 0 Å². The predicted molar refractivity (Wildman–Crippen MR) is 69.3 cm³/mol. The third kappa shape index (κ3) is 2.72. The highest BCUT2D eigenvalue weighted by Gasteiger charge is 2.24. The molecule has 102 valence electrons. The first-order valence-electron chi connectivity index (χ1n) is 5.41. The quantitative estimate of drug-likeness (QED) is 0.521. The van der Waals surface area contributed by atoms with Crippen molar-refractivity contribution in [3.63, 3.8) is 0 Å². The molecule has 0 atom stereocenters. The number of hydrogen-bond acceptors (Lipinski definition) is 6. The molecular weight excluding hydrogens is 268 g/mol. The summed E-state index contributed by atoms with van der Waals surface area (Å²) in [4.78, 5) is 3.91. The van der Waals surface area contributed by atoms with Crippen LogP contribution in [0.2, 0.25) is 0 Å². The molecule has 2 aromatic heterocycles. The maximum absolute atomic E-state index is 12.4. The zero-order valence-corrected chi connectivity index (χ0v) is 11.1. The number of rotatable bonds is 5. The lowest BCUT2D eigenvalue weighted by Crippen LogP contribution is -2.28. The molecule has 0 aliphatic rings. The smallest absolute Gasteiger partial charge is 0.246 e. The van der Waals surface area contributed by atoms with Gasteiger partial charge in [0.15, 0.2) is 5.82 Å². The van der Waals surface area contributed by atoms with E-state index in [4.69, 9.17) is 5.84 Å². The van der Waals surface area contributed by atoms with Crippen LogP contribution < -0.4 is 11.3 Å². The molecule has 0 aliphatic carbocycles. The molecule has 2 heterocycles. The number of nitrogens with zero attached hydrogens (tertiary/aromatic N) is 3. The molecule has 8 nitrogen and oxygen atoms in total. The van der Waals surface area contributed by atoms with Crippen LogP contribution in [0, 0.1) is 0 Å². The molecule has 0 fully saturated rings. The van der Waals surface area contributed by atoms with Gasteiger partial charge in [-0.1, -0.05) is 0 Å². The Bertz CT molecular complexity index is 640. The fourth-order valence-corrected chi connectivity index (χ4v) is 2.84. The Kier molecular flexibility index (Phi) is 3.79. The van der Waals surface area contributed by atoms with E-state index in [0.29, 0.717) is 0 Å². The number of nitrogens with two attached hydrogens (primary N) is 1. The van der Waals surface area contributed by atoms with Gasteiger partial charge < -0.3 is 5.43 Å². The van der Waals surface area contributed by atoms with Crippen LogP contribution in [0.5, 0.6) is 0 Å². The van der Waals surface area contributed by atoms with Crippen molar-refractivity contribution < 1.29 is 8.42 Å². The predicted octanol–water partition coefficient (Wildman–Crippen LogP) is -0.0890. The Morgan fingerprint density at radius 1 is 1.53 bits per heavy atom. The number of H-pyrrole nitrogens is 1. The third-order valence-electron chi connectivity index (χ3n) is 2.56. The molecule has 2 aromatic rings. The SMILES string of the molecule is CN(Cc1cn[nH]c1)S(=O)(=O)c1cccnc1NN. The summed E-state index contributed by atoms with van der Waals surface area (Å²) in [5.41, 5.74) is 3.04. The van der Waals surface area contributed by atoms with Crippen molar-refractivity contribution in [2.75, 3.05) is 12.5 Å². The molecule has 9 heteroatoms. The van der Waals surface area contributed by atoms with Crippen LogP contribution in [-0.2, 0) is 16.6 Å². The molecule has 4 N–H and O–H groups in total. The Hall–Kier alpha value is -1.97. The average Bonchev–Trinajstić information content (AvgIpc) is 2.91. The summed E-state index contributed by atoms with van der Waals surface area (Å²) in [5.74, 6) is 5.39. The third-order valence-corrected chi connectivity index (χ3v) is 4.39. The number of anilines is 1. The van der Waals surface area contributed by atoms with E-state index in [-0.39, 0.29) is 17.3 Å². The van der Waals surface area contributed by atoms with E-state index in [1.165, 1.54) is 23.6 Å². The Labute approximate surface area is 110 Å². The van der Waals surface area contributed by atoms with Crippen molar-refractivity contribution in [1.29, 1.82) is 0 Å². The van der Waals surface area contributed by atoms with Gasteiger partial charge in [0, 0.05) is 31.5 Å². The minimum absolute atomic E-state index is 0.0310. The van der Waals surface area contributed by atoms with Crippen LogP contribution in [0.1, 0.15) is 5.56 Å². The van der Waals surface area contributed by atoms with Gasteiger partial charge >= 0.3 is 0 Å². The van der Waals surface area contributed by atoms with Gasteiger partial charge in [-0.25, -0.2) is 19.2 Å². The van der Waals surface area contributed by atoms with E-state index in [9.17, 15) is 8.42 Å². The van der Waals surface area contributed by atoms with Gasteiger partial charge in [0.1, 0.15) is 4.90 Å². The van der Waals surface area contributed by atoms with Crippen molar-refractivity contribution >= 4 is 15.8 Å². The summed E-state index contributed by atoms with van der Waals surface area (Å²) in [5, 5.41) is 6.41. The molecule has 2 rings (SSSR count). The second-order valence-electron chi connectivity index (χ2n) is 3.86. The number of aromatic amines is 1. The zero-order valence-electron chi connectivity index (χ0n) is 10.2. The molecule has 0 spiro atoms. The normalized spacial score (nSPS) is 11.7. The highest BCUT2D eigenvalue weighted by Crippen LogP contribution is 2.21. The molecule has 0 radical (unpaired) electrons. The lowest BCUT2D eigenvalue weighted by atomic mass is 10.4. The van der Waals surface area contributed by atoms with Crippen LogP contribution in [0.4, 0.5) is 5.82 Å². The number of nitrogens with one attached hydrogen (secondary N) is 2. The van der Waals surface area contributed by atoms with Gasteiger partial charge in [-0.3, -0.25) is 5.10 Å². The van der Waals surface area contributed by atoms with E-state index in [1.54, 1.807) is 18.5 Å². The molecule has 0 aliphatic heterocycles. The van der Waals surface area contributed by atoms with Crippen LogP contribution in [0.3, 0.4) is 0 Å². The standard InChI is InChI=1S/C10H14N6O2S/c1-16(7-8-5-13-14-6-8)19(17,18)9-3-2-4-12-10(9)15-11/h2-6H,7,11H2,1H3,(H,12,15)(H,13,14). The minimum Gasteiger partial charge on any atom is -0.307 e. The fourth-order valence-electron chi connectivity index (χ4n) is 1.58. The summed E-state index contributed by atoms with van der Waals surface area (Å²) in [7, 11) is -2.19. The summed E-state index contributed by atoms with van der Waals surface area (Å²) >= 11 is 0. The number of sulfonamides is 1. The first-order chi connectivity index (χ1) is 9.05. The van der Waals surface area contributed by atoms with Crippen molar-refractivity contribution in [2.24, 2.45) is 5.84 Å². The van der Waals surface area contributed by atoms with Gasteiger partial charge in [0.2, 0.25) is 10.0 Å². The summed E-state index contributed by atoms with van der Waals surface area (Å²) in [6.45, 7) is 0.206. The van der Waals surface area contributed by atoms with Gasteiger partial charge in [-0.2, -0.15) is 9.40 Å². The molecule has 0 saturated carbocycles. The number of hydrogen-bond donors (Lipinski definition) is 3. The number of hydrazine groups is 1. The summed E-state index contributed by atoms with van der Waals surface area (Å²) in [6, 6.07) is 2.99. The fraction of sp³-hybridized carbons (Fsp3) is 0.200. The molecule has 0 amide bonds. The van der Waals surface area contributed by atoms with Crippen LogP contribution in [-0.4, -0.2) is 35.0 Å². The molecular formula is C10H14N6O2S. The molecule has 0 unspecified atom stereocenters.